The van der Waals surface area contributed by atoms with Crippen LogP contribution in [0.15, 0.2) is 18.2 Å². The molecule has 0 amide bonds. The Labute approximate surface area is 92.4 Å². The van der Waals surface area contributed by atoms with Gasteiger partial charge >= 0.3 is 5.97 Å². The van der Waals surface area contributed by atoms with E-state index in [4.69, 9.17) is 16.3 Å². The summed E-state index contributed by atoms with van der Waals surface area (Å²) in [7, 11) is 2.63. The first kappa shape index (κ1) is 11.8. The molecule has 0 fully saturated rings. The average Bonchev–Trinajstić information content (AvgIpc) is 2.26. The number of ether oxygens (including phenoxy) is 2. The second-order valence-electron chi connectivity index (χ2n) is 2.81. The third kappa shape index (κ3) is 2.61. The van der Waals surface area contributed by atoms with Crippen molar-refractivity contribution in [3.8, 4) is 5.75 Å². The number of aliphatic hydroxyl groups is 1. The van der Waals surface area contributed by atoms with Gasteiger partial charge in [0.1, 0.15) is 5.75 Å². The lowest BCUT2D eigenvalue weighted by molar-refractivity contribution is -0.150. The minimum Gasteiger partial charge on any atom is -0.496 e. The number of carbonyl (C=O) groups is 1. The molecule has 0 radical (unpaired) electrons. The van der Waals surface area contributed by atoms with Crippen molar-refractivity contribution < 1.29 is 19.4 Å². The van der Waals surface area contributed by atoms with Crippen molar-refractivity contribution in [1.82, 2.24) is 0 Å². The fraction of sp³-hybridized carbons (Fsp3) is 0.300. The number of hydrogen-bond donors (Lipinski definition) is 1. The van der Waals surface area contributed by atoms with Crippen molar-refractivity contribution in [2.24, 2.45) is 0 Å². The molecule has 1 rings (SSSR count). The summed E-state index contributed by atoms with van der Waals surface area (Å²) >= 11 is 5.74. The Morgan fingerprint density at radius 1 is 1.47 bits per heavy atom. The van der Waals surface area contributed by atoms with E-state index in [0.29, 0.717) is 16.3 Å². The summed E-state index contributed by atoms with van der Waals surface area (Å²) in [5, 5.41) is 10.1. The summed E-state index contributed by atoms with van der Waals surface area (Å²) in [4.78, 5) is 11.1. The molecule has 1 unspecified atom stereocenters. The maximum Gasteiger partial charge on any atom is 0.339 e. The van der Waals surface area contributed by atoms with Gasteiger partial charge in [0.05, 0.1) is 14.2 Å². The molecule has 1 N–H and O–H groups in total. The zero-order valence-electron chi connectivity index (χ0n) is 8.36. The first-order valence-electron chi connectivity index (χ1n) is 4.19. The van der Waals surface area contributed by atoms with Crippen molar-refractivity contribution in [3.63, 3.8) is 0 Å². The Morgan fingerprint density at radius 3 is 2.67 bits per heavy atom. The number of hydrogen-bond acceptors (Lipinski definition) is 4. The molecule has 0 heterocycles. The van der Waals surface area contributed by atoms with E-state index in [1.165, 1.54) is 26.4 Å². The third-order valence-electron chi connectivity index (χ3n) is 1.91. The fourth-order valence-corrected chi connectivity index (χ4v) is 1.31. The van der Waals surface area contributed by atoms with Gasteiger partial charge in [0.15, 0.2) is 6.10 Å². The lowest BCUT2D eigenvalue weighted by Crippen LogP contribution is -2.14. The summed E-state index contributed by atoms with van der Waals surface area (Å²) in [6, 6.07) is 4.59. The number of methoxy groups -OCH3 is 2. The molecule has 0 spiro atoms. The maximum atomic E-state index is 11.1. The third-order valence-corrected chi connectivity index (χ3v) is 2.15. The number of carbonyl (C=O) groups excluding carboxylic acids is 1. The van der Waals surface area contributed by atoms with Gasteiger partial charge in [0, 0.05) is 10.6 Å². The standard InChI is InChI=1S/C10H11ClO4/c1-14-8-5-6(11)3-4-7(8)9(12)10(13)15-2/h3-5,9,12H,1-2H3. The second kappa shape index (κ2) is 5.00. The monoisotopic (exact) mass is 230 g/mol. The van der Waals surface area contributed by atoms with Crippen molar-refractivity contribution >= 4 is 17.6 Å². The van der Waals surface area contributed by atoms with Crippen LogP contribution in [0.4, 0.5) is 0 Å². The van der Waals surface area contributed by atoms with E-state index in [1.54, 1.807) is 6.07 Å². The number of halogens is 1. The summed E-state index contributed by atoms with van der Waals surface area (Å²) in [6.45, 7) is 0. The van der Waals surface area contributed by atoms with E-state index in [2.05, 4.69) is 4.74 Å². The number of rotatable bonds is 3. The van der Waals surface area contributed by atoms with Crippen LogP contribution in [0.3, 0.4) is 0 Å². The first-order valence-corrected chi connectivity index (χ1v) is 4.57. The zero-order chi connectivity index (χ0) is 11.4. The van der Waals surface area contributed by atoms with E-state index in [9.17, 15) is 9.90 Å². The first-order chi connectivity index (χ1) is 7.10. The molecular formula is C10H11ClO4. The molecule has 0 saturated heterocycles. The van der Waals surface area contributed by atoms with Crippen molar-refractivity contribution in [2.45, 2.75) is 6.10 Å². The van der Waals surface area contributed by atoms with Gasteiger partial charge in [-0.25, -0.2) is 4.79 Å². The minimum absolute atomic E-state index is 0.328. The fourth-order valence-electron chi connectivity index (χ4n) is 1.15. The van der Waals surface area contributed by atoms with E-state index < -0.39 is 12.1 Å². The predicted octanol–water partition coefficient (Wildman–Crippen LogP) is 1.55. The van der Waals surface area contributed by atoms with E-state index >= 15 is 0 Å². The lowest BCUT2D eigenvalue weighted by atomic mass is 10.1. The Balaban J connectivity index is 3.07. The Hall–Kier alpha value is -1.26. The molecule has 0 aliphatic rings. The smallest absolute Gasteiger partial charge is 0.339 e. The van der Waals surface area contributed by atoms with Crippen LogP contribution in [0.2, 0.25) is 5.02 Å². The molecule has 15 heavy (non-hydrogen) atoms. The zero-order valence-corrected chi connectivity index (χ0v) is 9.12. The molecule has 0 bridgehead atoms. The molecular weight excluding hydrogens is 220 g/mol. The highest BCUT2D eigenvalue weighted by Gasteiger charge is 2.21. The average molecular weight is 231 g/mol. The molecule has 1 aromatic rings. The molecule has 82 valence electrons. The maximum absolute atomic E-state index is 11.1. The molecule has 5 heteroatoms. The Bertz CT molecular complexity index is 364. The van der Waals surface area contributed by atoms with Crippen LogP contribution in [0.25, 0.3) is 0 Å². The second-order valence-corrected chi connectivity index (χ2v) is 3.25. The van der Waals surface area contributed by atoms with Gasteiger partial charge in [0.2, 0.25) is 0 Å². The lowest BCUT2D eigenvalue weighted by Gasteiger charge is -2.12. The van der Waals surface area contributed by atoms with Crippen LogP contribution >= 0.6 is 11.6 Å². The quantitative estimate of drug-likeness (QED) is 0.801. The number of esters is 1. The van der Waals surface area contributed by atoms with Gasteiger partial charge in [0.25, 0.3) is 0 Å². The van der Waals surface area contributed by atoms with Crippen LogP contribution < -0.4 is 4.74 Å². The summed E-state index contributed by atoms with van der Waals surface area (Å²) in [5.41, 5.74) is 0.328. The molecule has 0 aliphatic carbocycles. The van der Waals surface area contributed by atoms with Crippen molar-refractivity contribution in [2.75, 3.05) is 14.2 Å². The number of benzene rings is 1. The van der Waals surface area contributed by atoms with E-state index in [-0.39, 0.29) is 0 Å². The Morgan fingerprint density at radius 2 is 2.13 bits per heavy atom. The SMILES string of the molecule is COC(=O)C(O)c1ccc(Cl)cc1OC. The minimum atomic E-state index is -1.36. The molecule has 4 nitrogen and oxygen atoms in total. The van der Waals surface area contributed by atoms with Gasteiger partial charge in [-0.2, -0.15) is 0 Å². The van der Waals surface area contributed by atoms with Gasteiger partial charge < -0.3 is 14.6 Å². The van der Waals surface area contributed by atoms with E-state index in [1.807, 2.05) is 0 Å². The van der Waals surface area contributed by atoms with Crippen LogP contribution in [-0.4, -0.2) is 25.3 Å². The summed E-state index contributed by atoms with van der Waals surface area (Å²) < 4.78 is 9.41. The van der Waals surface area contributed by atoms with Crippen molar-refractivity contribution in [3.05, 3.63) is 28.8 Å². The highest BCUT2D eigenvalue weighted by molar-refractivity contribution is 6.30. The normalized spacial score (nSPS) is 12.0. The van der Waals surface area contributed by atoms with Crippen LogP contribution in [0.5, 0.6) is 5.75 Å². The Kier molecular flexibility index (Phi) is 3.94. The highest BCUT2D eigenvalue weighted by Crippen LogP contribution is 2.28. The molecule has 0 saturated carbocycles. The molecule has 1 atom stereocenters. The molecule has 0 aromatic heterocycles. The van der Waals surface area contributed by atoms with Crippen LogP contribution in [-0.2, 0) is 9.53 Å². The van der Waals surface area contributed by atoms with Gasteiger partial charge in [-0.3, -0.25) is 0 Å². The van der Waals surface area contributed by atoms with Gasteiger partial charge in [-0.1, -0.05) is 17.7 Å². The largest absolute Gasteiger partial charge is 0.496 e. The van der Waals surface area contributed by atoms with E-state index in [0.717, 1.165) is 0 Å². The van der Waals surface area contributed by atoms with Gasteiger partial charge in [-0.05, 0) is 12.1 Å². The summed E-state index contributed by atoms with van der Waals surface area (Å²) in [6.07, 6.45) is -1.36. The summed E-state index contributed by atoms with van der Waals surface area (Å²) in [5.74, 6) is -0.393. The molecule has 1 aromatic carbocycles. The highest BCUT2D eigenvalue weighted by atomic mass is 35.5. The topological polar surface area (TPSA) is 55.8 Å². The van der Waals surface area contributed by atoms with Gasteiger partial charge in [-0.15, -0.1) is 0 Å². The van der Waals surface area contributed by atoms with Crippen molar-refractivity contribution in [1.29, 1.82) is 0 Å². The van der Waals surface area contributed by atoms with Crippen LogP contribution in [0.1, 0.15) is 11.7 Å². The van der Waals surface area contributed by atoms with Crippen LogP contribution in [0, 0.1) is 0 Å². The number of aliphatic hydroxyl groups excluding tert-OH is 1. The predicted molar refractivity (Wildman–Crippen MR) is 55.0 cm³/mol. The molecule has 0 aliphatic heterocycles.